The van der Waals surface area contributed by atoms with Crippen molar-refractivity contribution < 1.29 is 18.7 Å². The lowest BCUT2D eigenvalue weighted by Crippen LogP contribution is -2.54. The number of halogens is 2. The fourth-order valence-corrected chi connectivity index (χ4v) is 3.29. The third-order valence-corrected chi connectivity index (χ3v) is 4.78. The Kier molecular flexibility index (Phi) is 4.14. The lowest BCUT2D eigenvalue weighted by atomic mass is 9.90. The molecule has 0 spiro atoms. The summed E-state index contributed by atoms with van der Waals surface area (Å²) in [5.41, 5.74) is 0.0243. The van der Waals surface area contributed by atoms with Crippen molar-refractivity contribution in [2.24, 2.45) is 0 Å². The Labute approximate surface area is 128 Å². The van der Waals surface area contributed by atoms with Crippen molar-refractivity contribution in [1.82, 2.24) is 4.90 Å². The Morgan fingerprint density at radius 2 is 1.95 bits per heavy atom. The second kappa shape index (κ2) is 5.93. The topological polar surface area (TPSA) is 52.6 Å². The highest BCUT2D eigenvalue weighted by atomic mass is 19.3. The van der Waals surface area contributed by atoms with E-state index in [1.807, 2.05) is 29.2 Å². The molecular formula is C16H20F2N2O2. The molecular weight excluding hydrogens is 290 g/mol. The van der Waals surface area contributed by atoms with E-state index in [2.05, 4.69) is 5.32 Å². The van der Waals surface area contributed by atoms with Gasteiger partial charge in [-0.3, -0.25) is 9.69 Å². The summed E-state index contributed by atoms with van der Waals surface area (Å²) in [6.45, 7) is 0.630. The summed E-state index contributed by atoms with van der Waals surface area (Å²) >= 11 is 0. The predicted molar refractivity (Wildman–Crippen MR) is 78.9 cm³/mol. The lowest BCUT2D eigenvalue weighted by molar-refractivity contribution is -0.137. The highest BCUT2D eigenvalue weighted by molar-refractivity contribution is 5.96. The van der Waals surface area contributed by atoms with Crippen molar-refractivity contribution in [2.75, 3.05) is 18.4 Å². The summed E-state index contributed by atoms with van der Waals surface area (Å²) in [6.07, 6.45) is -1.30. The van der Waals surface area contributed by atoms with Crippen molar-refractivity contribution in [3.05, 3.63) is 29.8 Å². The molecule has 2 aliphatic heterocycles. The molecule has 0 unspecified atom stereocenters. The van der Waals surface area contributed by atoms with Gasteiger partial charge < -0.3 is 10.4 Å². The number of hydrogen-bond acceptors (Lipinski definition) is 3. The predicted octanol–water partition coefficient (Wildman–Crippen LogP) is 2.03. The molecule has 1 aromatic carbocycles. The normalized spacial score (nSPS) is 25.5. The molecule has 1 amide bonds. The summed E-state index contributed by atoms with van der Waals surface area (Å²) in [5, 5.41) is 12.8. The van der Waals surface area contributed by atoms with E-state index in [9.17, 15) is 18.7 Å². The standard InChI is InChI=1S/C16H20F2N2O2/c17-15(18)16(22)7-9-20(10-8-16)13-6-5-11-3-1-2-4-12(11)19-14(13)21/h1-4,13,15,22H,5-10H2,(H,19,21)/t13-/m1/s1. The molecule has 0 bridgehead atoms. The fraction of sp³-hybridized carbons (Fsp3) is 0.562. The van der Waals surface area contributed by atoms with Crippen LogP contribution in [0, 0.1) is 0 Å². The summed E-state index contributed by atoms with van der Waals surface area (Å²) in [4.78, 5) is 14.3. The molecule has 2 heterocycles. The van der Waals surface area contributed by atoms with Gasteiger partial charge in [-0.15, -0.1) is 0 Å². The van der Waals surface area contributed by atoms with Gasteiger partial charge in [-0.05, 0) is 37.3 Å². The molecule has 4 nitrogen and oxygen atoms in total. The number of anilines is 1. The first-order valence-corrected chi connectivity index (χ1v) is 7.63. The lowest BCUT2D eigenvalue weighted by Gasteiger charge is -2.40. The zero-order valence-electron chi connectivity index (χ0n) is 12.3. The smallest absolute Gasteiger partial charge is 0.266 e. The zero-order valence-corrected chi connectivity index (χ0v) is 12.3. The molecule has 0 aliphatic carbocycles. The third kappa shape index (κ3) is 2.85. The van der Waals surface area contributed by atoms with E-state index in [0.717, 1.165) is 17.7 Å². The molecule has 0 radical (unpaired) electrons. The summed E-state index contributed by atoms with van der Waals surface area (Å²) in [7, 11) is 0. The Balaban J connectivity index is 1.68. The minimum absolute atomic E-state index is 0.00138. The SMILES string of the molecule is O=C1Nc2ccccc2CC[C@H]1N1CCC(O)(C(F)F)CC1. The zero-order chi connectivity index (χ0) is 15.7. The van der Waals surface area contributed by atoms with Crippen LogP contribution in [0.25, 0.3) is 0 Å². The van der Waals surface area contributed by atoms with Crippen LogP contribution < -0.4 is 5.32 Å². The number of hydrogen-bond donors (Lipinski definition) is 2. The summed E-state index contributed by atoms with van der Waals surface area (Å²) in [6, 6.07) is 7.36. The van der Waals surface area contributed by atoms with E-state index in [1.165, 1.54) is 0 Å². The Morgan fingerprint density at radius 1 is 1.27 bits per heavy atom. The maximum atomic E-state index is 12.8. The highest BCUT2D eigenvalue weighted by Crippen LogP contribution is 2.31. The number of aryl methyl sites for hydroxylation is 1. The quantitative estimate of drug-likeness (QED) is 0.879. The summed E-state index contributed by atoms with van der Waals surface area (Å²) < 4.78 is 25.7. The van der Waals surface area contributed by atoms with Crippen LogP contribution in [0.2, 0.25) is 0 Å². The number of fused-ring (bicyclic) bond motifs is 1. The van der Waals surface area contributed by atoms with Crippen LogP contribution in [0.3, 0.4) is 0 Å². The second-order valence-electron chi connectivity index (χ2n) is 6.14. The number of rotatable bonds is 2. The number of nitrogens with one attached hydrogen (secondary N) is 1. The number of carbonyl (C=O) groups excluding carboxylic acids is 1. The molecule has 0 saturated carbocycles. The molecule has 2 N–H and O–H groups in total. The number of carbonyl (C=O) groups is 1. The van der Waals surface area contributed by atoms with Crippen molar-refractivity contribution >= 4 is 11.6 Å². The molecule has 0 aromatic heterocycles. The molecule has 1 fully saturated rings. The van der Waals surface area contributed by atoms with Gasteiger partial charge in [-0.1, -0.05) is 18.2 Å². The first-order chi connectivity index (χ1) is 10.5. The van der Waals surface area contributed by atoms with Crippen molar-refractivity contribution in [3.8, 4) is 0 Å². The van der Waals surface area contributed by atoms with Crippen molar-refractivity contribution in [3.63, 3.8) is 0 Å². The van der Waals surface area contributed by atoms with Gasteiger partial charge in [0.15, 0.2) is 0 Å². The van der Waals surface area contributed by atoms with E-state index in [1.54, 1.807) is 0 Å². The van der Waals surface area contributed by atoms with E-state index in [4.69, 9.17) is 0 Å². The molecule has 1 aromatic rings. The minimum atomic E-state index is -2.73. The Hall–Kier alpha value is -1.53. The Morgan fingerprint density at radius 3 is 2.64 bits per heavy atom. The van der Waals surface area contributed by atoms with Crippen molar-refractivity contribution in [1.29, 1.82) is 0 Å². The van der Waals surface area contributed by atoms with Crippen LogP contribution in [-0.2, 0) is 11.2 Å². The number of nitrogens with zero attached hydrogens (tertiary/aromatic N) is 1. The number of piperidine rings is 1. The van der Waals surface area contributed by atoms with Crippen LogP contribution in [-0.4, -0.2) is 47.1 Å². The molecule has 2 aliphatic rings. The molecule has 3 rings (SSSR count). The van der Waals surface area contributed by atoms with Crippen LogP contribution in [0.15, 0.2) is 24.3 Å². The minimum Gasteiger partial charge on any atom is -0.384 e. The van der Waals surface area contributed by atoms with Gasteiger partial charge in [-0.2, -0.15) is 0 Å². The van der Waals surface area contributed by atoms with Gasteiger partial charge in [0.1, 0.15) is 5.60 Å². The second-order valence-corrected chi connectivity index (χ2v) is 6.14. The number of amides is 1. The van der Waals surface area contributed by atoms with Crippen molar-refractivity contribution in [2.45, 2.75) is 43.8 Å². The van der Waals surface area contributed by atoms with Crippen LogP contribution in [0.1, 0.15) is 24.8 Å². The average molecular weight is 310 g/mol. The number of para-hydroxylation sites is 1. The van der Waals surface area contributed by atoms with Gasteiger partial charge in [0.2, 0.25) is 5.91 Å². The van der Waals surface area contributed by atoms with E-state index >= 15 is 0 Å². The Bertz CT molecular complexity index is 557. The van der Waals surface area contributed by atoms with Gasteiger partial charge >= 0.3 is 0 Å². The van der Waals surface area contributed by atoms with E-state index in [-0.39, 0.29) is 24.8 Å². The van der Waals surface area contributed by atoms with Crippen LogP contribution in [0.5, 0.6) is 0 Å². The molecule has 6 heteroatoms. The van der Waals surface area contributed by atoms with Crippen LogP contribution >= 0.6 is 0 Å². The van der Waals surface area contributed by atoms with Gasteiger partial charge in [0.25, 0.3) is 6.43 Å². The number of benzene rings is 1. The average Bonchev–Trinajstić information content (AvgIpc) is 2.66. The molecule has 22 heavy (non-hydrogen) atoms. The summed E-state index contributed by atoms with van der Waals surface area (Å²) in [5.74, 6) is -0.0903. The van der Waals surface area contributed by atoms with Gasteiger partial charge in [0.05, 0.1) is 6.04 Å². The monoisotopic (exact) mass is 310 g/mol. The third-order valence-electron chi connectivity index (χ3n) is 4.78. The fourth-order valence-electron chi connectivity index (χ4n) is 3.29. The first-order valence-electron chi connectivity index (χ1n) is 7.63. The number of aliphatic hydroxyl groups is 1. The van der Waals surface area contributed by atoms with E-state index in [0.29, 0.717) is 19.5 Å². The van der Waals surface area contributed by atoms with E-state index < -0.39 is 12.0 Å². The maximum absolute atomic E-state index is 12.8. The highest BCUT2D eigenvalue weighted by Gasteiger charge is 2.43. The molecule has 1 atom stereocenters. The van der Waals surface area contributed by atoms with Gasteiger partial charge in [-0.25, -0.2) is 8.78 Å². The largest absolute Gasteiger partial charge is 0.384 e. The van der Waals surface area contributed by atoms with Gasteiger partial charge in [0, 0.05) is 18.8 Å². The first kappa shape index (κ1) is 15.4. The van der Waals surface area contributed by atoms with Crippen LogP contribution in [0.4, 0.5) is 14.5 Å². The molecule has 120 valence electrons. The number of likely N-dealkylation sites (tertiary alicyclic amines) is 1. The maximum Gasteiger partial charge on any atom is 0.266 e. The number of alkyl halides is 2. The molecule has 1 saturated heterocycles.